The predicted molar refractivity (Wildman–Crippen MR) is 63.3 cm³/mol. The van der Waals surface area contributed by atoms with Crippen LogP contribution in [0.2, 0.25) is 0 Å². The summed E-state index contributed by atoms with van der Waals surface area (Å²) in [6, 6.07) is 9.12. The van der Waals surface area contributed by atoms with Crippen molar-refractivity contribution in [2.75, 3.05) is 0 Å². The van der Waals surface area contributed by atoms with E-state index in [2.05, 4.69) is 5.32 Å². The Labute approximate surface area is 95.6 Å². The molecule has 2 nitrogen and oxygen atoms in total. The van der Waals surface area contributed by atoms with Gasteiger partial charge in [-0.05, 0) is 32.9 Å². The first-order chi connectivity index (χ1) is 6.93. The van der Waals surface area contributed by atoms with Crippen LogP contribution in [-0.2, 0) is 0 Å². The Bertz CT molecular complexity index is 333. The highest BCUT2D eigenvalue weighted by atomic mass is 35.5. The molecule has 15 heavy (non-hydrogen) atoms. The van der Waals surface area contributed by atoms with Crippen molar-refractivity contribution in [2.24, 2.45) is 0 Å². The lowest BCUT2D eigenvalue weighted by Crippen LogP contribution is -2.49. The van der Waals surface area contributed by atoms with Crippen LogP contribution in [-0.4, -0.2) is 16.8 Å². The molecule has 0 saturated carbocycles. The molecule has 1 aromatic rings. The molecule has 1 rings (SSSR count). The van der Waals surface area contributed by atoms with E-state index in [-0.39, 0.29) is 11.3 Å². The van der Waals surface area contributed by atoms with Crippen molar-refractivity contribution >= 4 is 17.5 Å². The van der Waals surface area contributed by atoms with Crippen LogP contribution in [0.25, 0.3) is 0 Å². The fraction of sp³-hybridized carbons (Fsp3) is 0.417. The first-order valence-electron chi connectivity index (χ1n) is 4.95. The molecule has 0 saturated heterocycles. The first kappa shape index (κ1) is 12.1. The number of halogens is 1. The second kappa shape index (κ2) is 4.67. The Balaban J connectivity index is 2.73. The Morgan fingerprint density at radius 3 is 2.33 bits per heavy atom. The van der Waals surface area contributed by atoms with Crippen LogP contribution in [0.15, 0.2) is 30.3 Å². The van der Waals surface area contributed by atoms with Crippen molar-refractivity contribution in [3.8, 4) is 0 Å². The maximum absolute atomic E-state index is 11.8. The molecule has 0 aliphatic carbocycles. The van der Waals surface area contributed by atoms with Crippen LogP contribution >= 0.6 is 11.6 Å². The van der Waals surface area contributed by atoms with Crippen molar-refractivity contribution in [1.29, 1.82) is 0 Å². The lowest BCUT2D eigenvalue weighted by atomic mass is 10.0. The molecular weight excluding hydrogens is 210 g/mol. The smallest absolute Gasteiger partial charge is 0.251 e. The highest BCUT2D eigenvalue weighted by molar-refractivity contribution is 6.21. The Morgan fingerprint density at radius 2 is 1.87 bits per heavy atom. The molecule has 1 aromatic carbocycles. The highest BCUT2D eigenvalue weighted by Gasteiger charge is 2.26. The quantitative estimate of drug-likeness (QED) is 0.788. The van der Waals surface area contributed by atoms with Crippen molar-refractivity contribution in [3.05, 3.63) is 35.9 Å². The minimum absolute atomic E-state index is 0.0897. The fourth-order valence-electron chi connectivity index (χ4n) is 1.05. The van der Waals surface area contributed by atoms with Gasteiger partial charge in [0.2, 0.25) is 0 Å². The third-order valence-corrected chi connectivity index (χ3v) is 3.01. The van der Waals surface area contributed by atoms with Crippen molar-refractivity contribution in [3.63, 3.8) is 0 Å². The molecule has 0 heterocycles. The summed E-state index contributed by atoms with van der Waals surface area (Å²) in [6.07, 6.45) is 0. The third-order valence-electron chi connectivity index (χ3n) is 2.47. The van der Waals surface area contributed by atoms with Gasteiger partial charge in [0.05, 0.1) is 10.9 Å². The van der Waals surface area contributed by atoms with Crippen LogP contribution in [0, 0.1) is 0 Å². The second-order valence-electron chi connectivity index (χ2n) is 4.16. The minimum Gasteiger partial charge on any atom is -0.346 e. The number of benzene rings is 1. The van der Waals surface area contributed by atoms with Gasteiger partial charge in [-0.1, -0.05) is 18.2 Å². The maximum atomic E-state index is 11.8. The van der Waals surface area contributed by atoms with Crippen molar-refractivity contribution in [2.45, 2.75) is 31.7 Å². The Morgan fingerprint density at radius 1 is 1.33 bits per heavy atom. The van der Waals surface area contributed by atoms with Crippen molar-refractivity contribution < 1.29 is 4.79 Å². The SMILES string of the molecule is CC(Cl)C(C)(C)NC(=O)c1ccccc1. The van der Waals surface area contributed by atoms with E-state index in [1.807, 2.05) is 39.0 Å². The molecule has 1 amide bonds. The summed E-state index contributed by atoms with van der Waals surface area (Å²) >= 11 is 5.99. The lowest BCUT2D eigenvalue weighted by molar-refractivity contribution is 0.0912. The molecule has 3 heteroatoms. The molecule has 0 aromatic heterocycles. The fourth-order valence-corrected chi connectivity index (χ4v) is 1.11. The summed E-state index contributed by atoms with van der Waals surface area (Å²) in [6.45, 7) is 5.68. The van der Waals surface area contributed by atoms with Crippen molar-refractivity contribution in [1.82, 2.24) is 5.32 Å². The predicted octanol–water partition coefficient (Wildman–Crippen LogP) is 2.82. The van der Waals surface area contributed by atoms with Crippen LogP contribution in [0.5, 0.6) is 0 Å². The lowest BCUT2D eigenvalue weighted by Gasteiger charge is -2.28. The largest absolute Gasteiger partial charge is 0.346 e. The molecule has 1 atom stereocenters. The third kappa shape index (κ3) is 3.24. The van der Waals surface area contributed by atoms with E-state index in [9.17, 15) is 4.79 Å². The van der Waals surface area contributed by atoms with Gasteiger partial charge in [-0.2, -0.15) is 0 Å². The number of rotatable bonds is 3. The molecule has 1 unspecified atom stereocenters. The summed E-state index contributed by atoms with van der Waals surface area (Å²) in [5.74, 6) is -0.0897. The minimum atomic E-state index is -0.408. The van der Waals surface area contributed by atoms with E-state index in [4.69, 9.17) is 11.6 Å². The van der Waals surface area contributed by atoms with E-state index >= 15 is 0 Å². The van der Waals surface area contributed by atoms with Crippen LogP contribution in [0.3, 0.4) is 0 Å². The molecule has 0 aliphatic rings. The second-order valence-corrected chi connectivity index (χ2v) is 4.81. The summed E-state index contributed by atoms with van der Waals surface area (Å²) in [7, 11) is 0. The summed E-state index contributed by atoms with van der Waals surface area (Å²) < 4.78 is 0. The zero-order valence-electron chi connectivity index (χ0n) is 9.25. The molecule has 0 aliphatic heterocycles. The molecule has 82 valence electrons. The molecule has 1 N–H and O–H groups in total. The van der Waals surface area contributed by atoms with E-state index in [1.54, 1.807) is 12.1 Å². The molecule has 0 bridgehead atoms. The molecular formula is C12H16ClNO. The van der Waals surface area contributed by atoms with Gasteiger partial charge in [-0.25, -0.2) is 0 Å². The number of nitrogens with one attached hydrogen (secondary N) is 1. The van der Waals surface area contributed by atoms with Gasteiger partial charge in [0.25, 0.3) is 5.91 Å². The monoisotopic (exact) mass is 225 g/mol. The normalized spacial score (nSPS) is 13.3. The Hall–Kier alpha value is -1.02. The maximum Gasteiger partial charge on any atom is 0.251 e. The average Bonchev–Trinajstić information content (AvgIpc) is 2.18. The molecule has 0 fully saturated rings. The zero-order chi connectivity index (χ0) is 11.5. The zero-order valence-corrected chi connectivity index (χ0v) is 10.0. The number of carbonyl (C=O) groups excluding carboxylic acids is 1. The highest BCUT2D eigenvalue weighted by Crippen LogP contribution is 2.15. The topological polar surface area (TPSA) is 29.1 Å². The van der Waals surface area contributed by atoms with Crippen LogP contribution in [0.4, 0.5) is 0 Å². The number of carbonyl (C=O) groups is 1. The van der Waals surface area contributed by atoms with Gasteiger partial charge in [0, 0.05) is 5.56 Å². The average molecular weight is 226 g/mol. The van der Waals surface area contributed by atoms with E-state index in [1.165, 1.54) is 0 Å². The summed E-state index contributed by atoms with van der Waals surface area (Å²) in [5, 5.41) is 2.78. The van der Waals surface area contributed by atoms with Gasteiger partial charge in [0.1, 0.15) is 0 Å². The summed E-state index contributed by atoms with van der Waals surface area (Å²) in [5.41, 5.74) is 0.247. The van der Waals surface area contributed by atoms with E-state index in [0.717, 1.165) is 0 Å². The van der Waals surface area contributed by atoms with E-state index < -0.39 is 5.54 Å². The van der Waals surface area contributed by atoms with Crippen LogP contribution in [0.1, 0.15) is 31.1 Å². The molecule has 0 spiro atoms. The summed E-state index contributed by atoms with van der Waals surface area (Å²) in [4.78, 5) is 11.8. The number of amides is 1. The van der Waals surface area contributed by atoms with Gasteiger partial charge in [0.15, 0.2) is 0 Å². The van der Waals surface area contributed by atoms with Gasteiger partial charge >= 0.3 is 0 Å². The number of hydrogen-bond donors (Lipinski definition) is 1. The first-order valence-corrected chi connectivity index (χ1v) is 5.39. The number of hydrogen-bond acceptors (Lipinski definition) is 1. The van der Waals surface area contributed by atoms with Gasteiger partial charge in [-0.3, -0.25) is 4.79 Å². The Kier molecular flexibility index (Phi) is 3.75. The standard InChI is InChI=1S/C12H16ClNO/c1-9(13)12(2,3)14-11(15)10-7-5-4-6-8-10/h4-9H,1-3H3,(H,14,15). The van der Waals surface area contributed by atoms with E-state index in [0.29, 0.717) is 5.56 Å². The number of alkyl halides is 1. The molecule has 0 radical (unpaired) electrons. The van der Waals surface area contributed by atoms with Gasteiger partial charge < -0.3 is 5.32 Å². The van der Waals surface area contributed by atoms with Crippen LogP contribution < -0.4 is 5.32 Å². The van der Waals surface area contributed by atoms with Gasteiger partial charge in [-0.15, -0.1) is 11.6 Å².